The number of ether oxygens (including phenoxy) is 1. The van der Waals surface area contributed by atoms with Crippen LogP contribution in [0.3, 0.4) is 0 Å². The number of hydrogen-bond donors (Lipinski definition) is 3. The van der Waals surface area contributed by atoms with Crippen LogP contribution in [-0.2, 0) is 4.74 Å². The summed E-state index contributed by atoms with van der Waals surface area (Å²) in [5.74, 6) is -0.754. The Morgan fingerprint density at radius 3 is 2.34 bits per heavy atom. The number of carbonyl (C=O) groups excluding carboxylic acids is 2. The molecule has 2 atom stereocenters. The number of amides is 2. The van der Waals surface area contributed by atoms with Crippen molar-refractivity contribution in [3.63, 3.8) is 0 Å². The largest absolute Gasteiger partial charge is 0.389 e. The number of nitrogens with one attached hydrogen (secondary N) is 1. The Labute approximate surface area is 168 Å². The van der Waals surface area contributed by atoms with Gasteiger partial charge in [0.1, 0.15) is 0 Å². The maximum absolute atomic E-state index is 12.4. The number of morpholine rings is 1. The summed E-state index contributed by atoms with van der Waals surface area (Å²) in [5.41, 5.74) is 2.42. The smallest absolute Gasteiger partial charge is 0.261 e. The van der Waals surface area contributed by atoms with Gasteiger partial charge in [0.25, 0.3) is 11.8 Å². The summed E-state index contributed by atoms with van der Waals surface area (Å²) in [7, 11) is 0. The molecule has 2 aromatic carbocycles. The first-order chi connectivity index (χ1) is 14.0. The van der Waals surface area contributed by atoms with Crippen molar-refractivity contribution in [3.8, 4) is 0 Å². The van der Waals surface area contributed by atoms with Gasteiger partial charge >= 0.3 is 0 Å². The third-order valence-corrected chi connectivity index (χ3v) is 5.12. The van der Waals surface area contributed by atoms with Gasteiger partial charge in [-0.25, -0.2) is 0 Å². The zero-order chi connectivity index (χ0) is 20.4. The van der Waals surface area contributed by atoms with Gasteiger partial charge in [-0.15, -0.1) is 0 Å². The molecule has 0 radical (unpaired) electrons. The molecule has 2 amide bonds. The van der Waals surface area contributed by atoms with Crippen LogP contribution in [0.25, 0.3) is 0 Å². The summed E-state index contributed by atoms with van der Waals surface area (Å²) in [6.07, 6.45) is -1.57. The van der Waals surface area contributed by atoms with E-state index in [9.17, 15) is 19.8 Å². The quantitative estimate of drug-likeness (QED) is 0.623. The molecule has 0 aromatic heterocycles. The lowest BCUT2D eigenvalue weighted by atomic mass is 10.1. The summed E-state index contributed by atoms with van der Waals surface area (Å²) in [6, 6.07) is 14.1. The highest BCUT2D eigenvalue weighted by atomic mass is 16.5. The van der Waals surface area contributed by atoms with E-state index in [-0.39, 0.29) is 31.5 Å². The van der Waals surface area contributed by atoms with E-state index >= 15 is 0 Å². The van der Waals surface area contributed by atoms with Gasteiger partial charge in [-0.2, -0.15) is 0 Å². The number of aliphatic hydroxyl groups excluding tert-OH is 2. The monoisotopic (exact) mass is 397 g/mol. The SMILES string of the molecule is O=C1c2ccccc2C(=O)N1C[C@H](O)CNc1ccc(N2CCOC[C@H]2O)cc1. The predicted molar refractivity (Wildman–Crippen MR) is 107 cm³/mol. The van der Waals surface area contributed by atoms with Crippen molar-refractivity contribution in [1.29, 1.82) is 0 Å². The van der Waals surface area contributed by atoms with Crippen LogP contribution in [0, 0.1) is 0 Å². The highest BCUT2D eigenvalue weighted by Crippen LogP contribution is 2.23. The number of fused-ring (bicyclic) bond motifs is 1. The first-order valence-electron chi connectivity index (χ1n) is 9.54. The summed E-state index contributed by atoms with van der Waals surface area (Å²) in [5, 5.41) is 23.4. The lowest BCUT2D eigenvalue weighted by Crippen LogP contribution is -2.45. The van der Waals surface area contributed by atoms with Gasteiger partial charge < -0.3 is 25.2 Å². The van der Waals surface area contributed by atoms with Crippen LogP contribution in [0.2, 0.25) is 0 Å². The van der Waals surface area contributed by atoms with E-state index in [1.54, 1.807) is 24.3 Å². The fraction of sp³-hybridized carbons (Fsp3) is 0.333. The minimum atomic E-state index is -0.905. The molecule has 2 aliphatic heterocycles. The Balaban J connectivity index is 1.32. The number of aliphatic hydroxyl groups is 2. The number of nitrogens with zero attached hydrogens (tertiary/aromatic N) is 2. The molecule has 0 saturated carbocycles. The molecule has 1 fully saturated rings. The Kier molecular flexibility index (Phi) is 5.48. The molecule has 0 unspecified atom stereocenters. The maximum atomic E-state index is 12.4. The van der Waals surface area contributed by atoms with Crippen molar-refractivity contribution in [2.75, 3.05) is 43.1 Å². The zero-order valence-electron chi connectivity index (χ0n) is 15.8. The molecule has 0 bridgehead atoms. The second-order valence-corrected chi connectivity index (χ2v) is 7.10. The predicted octanol–water partition coefficient (Wildman–Crippen LogP) is 0.911. The van der Waals surface area contributed by atoms with Gasteiger partial charge in [0.2, 0.25) is 0 Å². The summed E-state index contributed by atoms with van der Waals surface area (Å²) in [6.45, 7) is 1.59. The molecule has 152 valence electrons. The van der Waals surface area contributed by atoms with E-state index in [1.165, 1.54) is 0 Å². The Morgan fingerprint density at radius 2 is 1.72 bits per heavy atom. The normalized spacial score (nSPS) is 20.0. The third-order valence-electron chi connectivity index (χ3n) is 5.12. The van der Waals surface area contributed by atoms with Gasteiger partial charge in [-0.05, 0) is 36.4 Å². The standard InChI is InChI=1S/C21H23N3O5/c25-16(12-24-20(27)17-3-1-2-4-18(17)21(24)28)11-22-14-5-7-15(8-6-14)23-9-10-29-13-19(23)26/h1-8,16,19,22,25-26H,9-13H2/t16-,19-/m1/s1. The first-order valence-corrected chi connectivity index (χ1v) is 9.54. The molecule has 2 heterocycles. The minimum Gasteiger partial charge on any atom is -0.389 e. The fourth-order valence-corrected chi connectivity index (χ4v) is 3.58. The van der Waals surface area contributed by atoms with Crippen LogP contribution in [0.5, 0.6) is 0 Å². The van der Waals surface area contributed by atoms with Gasteiger partial charge in [-0.3, -0.25) is 14.5 Å². The third kappa shape index (κ3) is 3.95. The second kappa shape index (κ2) is 8.20. The van der Waals surface area contributed by atoms with E-state index in [2.05, 4.69) is 5.32 Å². The molecular weight excluding hydrogens is 374 g/mol. The van der Waals surface area contributed by atoms with Crippen LogP contribution < -0.4 is 10.2 Å². The highest BCUT2D eigenvalue weighted by molar-refractivity contribution is 6.21. The molecule has 3 N–H and O–H groups in total. The Hall–Kier alpha value is -2.94. The Bertz CT molecular complexity index is 866. The molecular formula is C21H23N3O5. The average molecular weight is 397 g/mol. The number of rotatable bonds is 6. The number of imide groups is 1. The molecule has 29 heavy (non-hydrogen) atoms. The number of hydrogen-bond acceptors (Lipinski definition) is 7. The summed E-state index contributed by atoms with van der Waals surface area (Å²) < 4.78 is 5.23. The number of anilines is 2. The second-order valence-electron chi connectivity index (χ2n) is 7.10. The molecule has 2 aromatic rings. The zero-order valence-corrected chi connectivity index (χ0v) is 15.8. The van der Waals surface area contributed by atoms with Crippen molar-refractivity contribution in [2.24, 2.45) is 0 Å². The van der Waals surface area contributed by atoms with E-state index in [0.29, 0.717) is 24.3 Å². The molecule has 8 nitrogen and oxygen atoms in total. The minimum absolute atomic E-state index is 0.0720. The summed E-state index contributed by atoms with van der Waals surface area (Å²) >= 11 is 0. The van der Waals surface area contributed by atoms with Crippen LogP contribution in [-0.4, -0.2) is 72.1 Å². The van der Waals surface area contributed by atoms with Crippen molar-refractivity contribution < 1.29 is 24.5 Å². The van der Waals surface area contributed by atoms with Crippen LogP contribution in [0.1, 0.15) is 20.7 Å². The lowest BCUT2D eigenvalue weighted by molar-refractivity contribution is 0.00633. The van der Waals surface area contributed by atoms with E-state index in [4.69, 9.17) is 4.74 Å². The molecule has 4 rings (SSSR count). The van der Waals surface area contributed by atoms with E-state index < -0.39 is 12.3 Å². The van der Waals surface area contributed by atoms with Crippen molar-refractivity contribution >= 4 is 23.2 Å². The topological polar surface area (TPSA) is 102 Å². The molecule has 0 aliphatic carbocycles. The molecule has 8 heteroatoms. The number of benzene rings is 2. The van der Waals surface area contributed by atoms with Gasteiger partial charge in [-0.1, -0.05) is 12.1 Å². The van der Waals surface area contributed by atoms with E-state index in [0.717, 1.165) is 16.3 Å². The van der Waals surface area contributed by atoms with Gasteiger partial charge in [0, 0.05) is 24.5 Å². The average Bonchev–Trinajstić information content (AvgIpc) is 2.98. The first kappa shape index (κ1) is 19.4. The number of carbonyl (C=O) groups is 2. The molecule has 1 saturated heterocycles. The highest BCUT2D eigenvalue weighted by Gasteiger charge is 2.36. The fourth-order valence-electron chi connectivity index (χ4n) is 3.58. The lowest BCUT2D eigenvalue weighted by Gasteiger charge is -2.33. The maximum Gasteiger partial charge on any atom is 0.261 e. The van der Waals surface area contributed by atoms with Crippen LogP contribution in [0.15, 0.2) is 48.5 Å². The van der Waals surface area contributed by atoms with Gasteiger partial charge in [0.05, 0.1) is 37.0 Å². The number of β-amino-alcohol motifs (C(OH)–C–C–N with tert-alkyl or cyclic N) is 1. The van der Waals surface area contributed by atoms with Crippen LogP contribution in [0.4, 0.5) is 11.4 Å². The van der Waals surface area contributed by atoms with Crippen molar-refractivity contribution in [2.45, 2.75) is 12.3 Å². The van der Waals surface area contributed by atoms with Crippen molar-refractivity contribution in [3.05, 3.63) is 59.7 Å². The Morgan fingerprint density at radius 1 is 1.07 bits per heavy atom. The van der Waals surface area contributed by atoms with Crippen molar-refractivity contribution in [1.82, 2.24) is 4.90 Å². The van der Waals surface area contributed by atoms with Gasteiger partial charge in [0.15, 0.2) is 6.23 Å². The van der Waals surface area contributed by atoms with E-state index in [1.807, 2.05) is 29.2 Å². The summed E-state index contributed by atoms with van der Waals surface area (Å²) in [4.78, 5) is 27.7. The van der Waals surface area contributed by atoms with Crippen LogP contribution >= 0.6 is 0 Å². The molecule has 2 aliphatic rings. The molecule has 0 spiro atoms.